The number of nitrogens with zero attached hydrogens (tertiary/aromatic N) is 2. The van der Waals surface area contributed by atoms with Crippen molar-refractivity contribution in [2.24, 2.45) is 0 Å². The average molecular weight is 426 g/mol. The molecule has 0 saturated carbocycles. The van der Waals surface area contributed by atoms with E-state index in [0.717, 1.165) is 11.8 Å². The summed E-state index contributed by atoms with van der Waals surface area (Å²) < 4.78 is 19.5. The number of non-ortho nitro benzene ring substituents is 1. The number of carbonyl (C=O) groups excluding carboxylic acids is 1. The zero-order valence-electron chi connectivity index (χ0n) is 14.6. The first-order chi connectivity index (χ1) is 13.9. The third kappa shape index (κ3) is 3.82. The van der Waals surface area contributed by atoms with Gasteiger partial charge in [-0.1, -0.05) is 42.2 Å². The Kier molecular flexibility index (Phi) is 4.99. The summed E-state index contributed by atoms with van der Waals surface area (Å²) in [7, 11) is 0. The van der Waals surface area contributed by atoms with Gasteiger partial charge < -0.3 is 4.42 Å². The minimum atomic E-state index is -0.481. The number of nitro benzene ring substituents is 1. The Morgan fingerprint density at radius 2 is 1.93 bits per heavy atom. The van der Waals surface area contributed by atoms with Gasteiger partial charge in [-0.15, -0.1) is 0 Å². The number of amides is 1. The number of hydrogen-bond donors (Lipinski definition) is 0. The van der Waals surface area contributed by atoms with E-state index in [2.05, 4.69) is 0 Å². The normalized spacial score (nSPS) is 15.3. The van der Waals surface area contributed by atoms with Gasteiger partial charge in [0.05, 0.1) is 15.5 Å². The Balaban J connectivity index is 1.61. The van der Waals surface area contributed by atoms with Gasteiger partial charge in [0.2, 0.25) is 0 Å². The van der Waals surface area contributed by atoms with E-state index in [1.54, 1.807) is 36.4 Å². The van der Waals surface area contributed by atoms with Crippen LogP contribution in [0.5, 0.6) is 0 Å². The zero-order valence-corrected chi connectivity index (χ0v) is 16.2. The number of anilines is 1. The van der Waals surface area contributed by atoms with Gasteiger partial charge in [-0.3, -0.25) is 19.8 Å². The zero-order chi connectivity index (χ0) is 20.5. The van der Waals surface area contributed by atoms with Crippen molar-refractivity contribution in [1.29, 1.82) is 0 Å². The smallest absolute Gasteiger partial charge is 0.270 e. The van der Waals surface area contributed by atoms with Crippen molar-refractivity contribution >= 4 is 51.7 Å². The lowest BCUT2D eigenvalue weighted by Gasteiger charge is -2.14. The summed E-state index contributed by atoms with van der Waals surface area (Å²) in [6, 6.07) is 15.0. The molecule has 1 aliphatic heterocycles. The highest BCUT2D eigenvalue weighted by molar-refractivity contribution is 8.27. The minimum Gasteiger partial charge on any atom is -0.457 e. The van der Waals surface area contributed by atoms with Crippen LogP contribution in [0.25, 0.3) is 17.4 Å². The first-order valence-electron chi connectivity index (χ1n) is 8.30. The molecule has 144 valence electrons. The van der Waals surface area contributed by atoms with E-state index in [9.17, 15) is 19.3 Å². The molecule has 1 aromatic heterocycles. The molecule has 6 nitrogen and oxygen atoms in total. The molecule has 0 atom stereocenters. The Labute approximate surface area is 173 Å². The lowest BCUT2D eigenvalue weighted by molar-refractivity contribution is -0.384. The van der Waals surface area contributed by atoms with E-state index in [0.29, 0.717) is 27.7 Å². The lowest BCUT2D eigenvalue weighted by atomic mass is 10.1. The number of thiocarbonyl (C=S) groups is 1. The predicted molar refractivity (Wildman–Crippen MR) is 113 cm³/mol. The van der Waals surface area contributed by atoms with Crippen LogP contribution >= 0.6 is 24.0 Å². The molecule has 0 spiro atoms. The summed E-state index contributed by atoms with van der Waals surface area (Å²) in [5.41, 5.74) is 0.857. The second-order valence-electron chi connectivity index (χ2n) is 6.01. The van der Waals surface area contributed by atoms with Gasteiger partial charge in [-0.2, -0.15) is 0 Å². The van der Waals surface area contributed by atoms with Crippen LogP contribution in [0.3, 0.4) is 0 Å². The van der Waals surface area contributed by atoms with Crippen LogP contribution in [0.2, 0.25) is 0 Å². The molecular weight excluding hydrogens is 415 g/mol. The Morgan fingerprint density at radius 3 is 2.69 bits per heavy atom. The van der Waals surface area contributed by atoms with Crippen LogP contribution in [0.1, 0.15) is 5.76 Å². The largest absolute Gasteiger partial charge is 0.457 e. The molecule has 9 heteroatoms. The van der Waals surface area contributed by atoms with Crippen molar-refractivity contribution < 1.29 is 18.5 Å². The number of rotatable bonds is 4. The van der Waals surface area contributed by atoms with Crippen molar-refractivity contribution in [2.75, 3.05) is 4.90 Å². The van der Waals surface area contributed by atoms with Gasteiger partial charge in [0.15, 0.2) is 4.32 Å². The molecule has 1 saturated heterocycles. The number of benzene rings is 2. The Morgan fingerprint density at radius 1 is 1.14 bits per heavy atom. The van der Waals surface area contributed by atoms with Crippen LogP contribution in [-0.4, -0.2) is 15.2 Å². The molecule has 1 aliphatic rings. The number of furan rings is 1. The molecule has 0 aliphatic carbocycles. The third-order valence-corrected chi connectivity index (χ3v) is 5.40. The number of thioether (sulfide) groups is 1. The topological polar surface area (TPSA) is 76.6 Å². The van der Waals surface area contributed by atoms with E-state index in [1.807, 2.05) is 0 Å². The highest BCUT2D eigenvalue weighted by atomic mass is 32.2. The number of nitro groups is 1. The van der Waals surface area contributed by atoms with Crippen LogP contribution in [0.4, 0.5) is 15.8 Å². The summed E-state index contributed by atoms with van der Waals surface area (Å²) in [6.45, 7) is 0. The molecule has 0 unspecified atom stereocenters. The van der Waals surface area contributed by atoms with Gasteiger partial charge in [0.1, 0.15) is 17.3 Å². The van der Waals surface area contributed by atoms with Crippen LogP contribution in [0.15, 0.2) is 70.0 Å². The summed E-state index contributed by atoms with van der Waals surface area (Å²) in [4.78, 5) is 24.8. The number of halogens is 1. The molecule has 1 amide bonds. The van der Waals surface area contributed by atoms with Gasteiger partial charge in [-0.05, 0) is 30.3 Å². The van der Waals surface area contributed by atoms with E-state index in [-0.39, 0.29) is 15.9 Å². The van der Waals surface area contributed by atoms with Gasteiger partial charge in [0.25, 0.3) is 11.6 Å². The second kappa shape index (κ2) is 7.61. The molecule has 0 bridgehead atoms. The fraction of sp³-hybridized carbons (Fsp3) is 0. The molecule has 2 heterocycles. The third-order valence-electron chi connectivity index (χ3n) is 4.10. The van der Waals surface area contributed by atoms with Crippen molar-refractivity contribution in [2.45, 2.75) is 0 Å². The average Bonchev–Trinajstić information content (AvgIpc) is 3.26. The Hall–Kier alpha value is -3.30. The fourth-order valence-electron chi connectivity index (χ4n) is 2.79. The Bertz CT molecular complexity index is 1190. The van der Waals surface area contributed by atoms with E-state index < -0.39 is 10.7 Å². The van der Waals surface area contributed by atoms with E-state index in [4.69, 9.17) is 16.6 Å². The first-order valence-corrected chi connectivity index (χ1v) is 9.53. The summed E-state index contributed by atoms with van der Waals surface area (Å²) in [6.07, 6.45) is 1.54. The first kappa shape index (κ1) is 19.0. The maximum Gasteiger partial charge on any atom is 0.270 e. The van der Waals surface area contributed by atoms with E-state index >= 15 is 0 Å². The quantitative estimate of drug-likeness (QED) is 0.241. The van der Waals surface area contributed by atoms with Crippen LogP contribution in [-0.2, 0) is 4.79 Å². The maximum atomic E-state index is 13.5. The summed E-state index contributed by atoms with van der Waals surface area (Å²) in [5.74, 6) is -0.0149. The molecule has 0 N–H and O–H groups in total. The number of carbonyl (C=O) groups is 1. The summed E-state index contributed by atoms with van der Waals surface area (Å²) in [5, 5.41) is 10.9. The van der Waals surface area contributed by atoms with Crippen molar-refractivity contribution in [1.82, 2.24) is 0 Å². The number of hydrogen-bond acceptors (Lipinski definition) is 6. The molecule has 3 aromatic rings. The predicted octanol–water partition coefficient (Wildman–Crippen LogP) is 5.40. The standard InChI is InChI=1S/C20H11FN2O4S2/c21-13-4-2-5-14(10-13)22-19(24)18(29-20(22)28)11-16-7-8-17(27-16)12-3-1-6-15(9-12)23(25)26/h1-11H/b18-11-. The molecule has 1 fully saturated rings. The highest BCUT2D eigenvalue weighted by Gasteiger charge is 2.33. The van der Waals surface area contributed by atoms with Crippen LogP contribution in [0, 0.1) is 15.9 Å². The SMILES string of the molecule is O=C1/C(=C/c2ccc(-c3cccc([N+](=O)[O-])c3)o2)SC(=S)N1c1cccc(F)c1. The molecule has 4 rings (SSSR count). The van der Waals surface area contributed by atoms with Crippen molar-refractivity contribution in [3.05, 3.63) is 87.3 Å². The monoisotopic (exact) mass is 426 g/mol. The molecule has 0 radical (unpaired) electrons. The molecule has 29 heavy (non-hydrogen) atoms. The minimum absolute atomic E-state index is 0.0450. The molecular formula is C20H11FN2O4S2. The molecule has 2 aromatic carbocycles. The van der Waals surface area contributed by atoms with Crippen molar-refractivity contribution in [3.8, 4) is 11.3 Å². The highest BCUT2D eigenvalue weighted by Crippen LogP contribution is 2.37. The second-order valence-corrected chi connectivity index (χ2v) is 7.68. The fourth-order valence-corrected chi connectivity index (χ4v) is 4.07. The maximum absolute atomic E-state index is 13.5. The van der Waals surface area contributed by atoms with Crippen LogP contribution < -0.4 is 4.90 Å². The van der Waals surface area contributed by atoms with Gasteiger partial charge in [0, 0.05) is 23.8 Å². The van der Waals surface area contributed by atoms with Crippen molar-refractivity contribution in [3.63, 3.8) is 0 Å². The lowest BCUT2D eigenvalue weighted by Crippen LogP contribution is -2.27. The summed E-state index contributed by atoms with van der Waals surface area (Å²) >= 11 is 6.35. The van der Waals surface area contributed by atoms with Gasteiger partial charge >= 0.3 is 0 Å². The van der Waals surface area contributed by atoms with E-state index in [1.165, 1.54) is 35.2 Å². The van der Waals surface area contributed by atoms with Gasteiger partial charge in [-0.25, -0.2) is 4.39 Å².